The molecular weight excluding hydrogens is 204 g/mol. The molecule has 2 heterocycles. The van der Waals surface area contributed by atoms with E-state index in [1.165, 1.54) is 6.20 Å². The van der Waals surface area contributed by atoms with Gasteiger partial charge < -0.3 is 5.11 Å². The lowest BCUT2D eigenvalue weighted by Crippen LogP contribution is -1.89. The van der Waals surface area contributed by atoms with Crippen LogP contribution in [0.15, 0.2) is 6.20 Å². The Bertz CT molecular complexity index is 475. The number of carboxylic acid groups (broad SMARTS) is 1. The molecule has 0 spiro atoms. The van der Waals surface area contributed by atoms with Crippen LogP contribution in [-0.4, -0.2) is 31.2 Å². The molecule has 0 radical (unpaired) electrons. The summed E-state index contributed by atoms with van der Waals surface area (Å²) in [6.07, 6.45) is 1.30. The highest BCUT2D eigenvalue weighted by Crippen LogP contribution is 2.21. The summed E-state index contributed by atoms with van der Waals surface area (Å²) < 4.78 is 0. The Labute approximate surface area is 82.7 Å². The van der Waals surface area contributed by atoms with Crippen molar-refractivity contribution in [2.75, 3.05) is 0 Å². The summed E-state index contributed by atoms with van der Waals surface area (Å²) in [7, 11) is 0. The molecular formula is C7H6N4O2S. The minimum atomic E-state index is -0.985. The molecule has 0 saturated carbocycles. The molecule has 2 rings (SSSR count). The van der Waals surface area contributed by atoms with E-state index in [9.17, 15) is 4.79 Å². The van der Waals surface area contributed by atoms with E-state index in [-0.39, 0.29) is 4.88 Å². The Morgan fingerprint density at radius 2 is 2.43 bits per heavy atom. The van der Waals surface area contributed by atoms with Gasteiger partial charge in [-0.1, -0.05) is 0 Å². The topological polar surface area (TPSA) is 91.8 Å². The van der Waals surface area contributed by atoms with Gasteiger partial charge in [-0.05, 0) is 6.92 Å². The van der Waals surface area contributed by atoms with Crippen LogP contribution in [0.1, 0.15) is 15.5 Å². The van der Waals surface area contributed by atoms with Gasteiger partial charge in [-0.2, -0.15) is 5.10 Å². The molecule has 0 bridgehead atoms. The number of aryl methyl sites for hydroxylation is 1. The molecule has 7 heteroatoms. The molecule has 72 valence electrons. The number of carbonyl (C=O) groups is 1. The maximum atomic E-state index is 10.6. The zero-order chi connectivity index (χ0) is 10.1. The van der Waals surface area contributed by atoms with Crippen LogP contribution >= 0.6 is 11.3 Å². The van der Waals surface area contributed by atoms with Gasteiger partial charge in [0.2, 0.25) is 5.82 Å². The SMILES string of the molecule is Cc1nc(-c2ncc(C(=O)O)s2)n[nH]1. The molecule has 14 heavy (non-hydrogen) atoms. The van der Waals surface area contributed by atoms with E-state index in [2.05, 4.69) is 20.2 Å². The van der Waals surface area contributed by atoms with Gasteiger partial charge in [0.1, 0.15) is 10.7 Å². The van der Waals surface area contributed by atoms with Gasteiger partial charge in [-0.3, -0.25) is 5.10 Å². The van der Waals surface area contributed by atoms with Crippen LogP contribution in [-0.2, 0) is 0 Å². The third kappa shape index (κ3) is 1.49. The predicted octanol–water partition coefficient (Wildman–Crippen LogP) is 0.935. The maximum Gasteiger partial charge on any atom is 0.347 e. The van der Waals surface area contributed by atoms with Crippen molar-refractivity contribution in [1.29, 1.82) is 0 Å². The van der Waals surface area contributed by atoms with E-state index in [4.69, 9.17) is 5.11 Å². The van der Waals surface area contributed by atoms with Gasteiger partial charge in [0, 0.05) is 0 Å². The van der Waals surface area contributed by atoms with Crippen molar-refractivity contribution >= 4 is 17.3 Å². The zero-order valence-electron chi connectivity index (χ0n) is 7.18. The molecule has 0 aliphatic heterocycles. The first kappa shape index (κ1) is 8.82. The second-order valence-corrected chi connectivity index (χ2v) is 3.61. The molecule has 0 aromatic carbocycles. The number of nitrogens with one attached hydrogen (secondary N) is 1. The number of carboxylic acids is 1. The summed E-state index contributed by atoms with van der Waals surface area (Å²) in [4.78, 5) is 18.7. The normalized spacial score (nSPS) is 10.4. The number of hydrogen-bond donors (Lipinski definition) is 2. The van der Waals surface area contributed by atoms with Gasteiger partial charge in [-0.25, -0.2) is 14.8 Å². The van der Waals surface area contributed by atoms with Gasteiger partial charge in [0.25, 0.3) is 0 Å². The number of aromatic nitrogens is 4. The highest BCUT2D eigenvalue weighted by Gasteiger charge is 2.12. The van der Waals surface area contributed by atoms with E-state index in [1.54, 1.807) is 6.92 Å². The molecule has 0 aliphatic carbocycles. The molecule has 0 fully saturated rings. The van der Waals surface area contributed by atoms with Crippen LogP contribution in [0.5, 0.6) is 0 Å². The molecule has 0 unspecified atom stereocenters. The Morgan fingerprint density at radius 3 is 2.93 bits per heavy atom. The minimum absolute atomic E-state index is 0.183. The van der Waals surface area contributed by atoms with Crippen molar-refractivity contribution in [1.82, 2.24) is 20.2 Å². The quantitative estimate of drug-likeness (QED) is 0.769. The van der Waals surface area contributed by atoms with Crippen molar-refractivity contribution < 1.29 is 9.90 Å². The van der Waals surface area contributed by atoms with E-state index >= 15 is 0 Å². The van der Waals surface area contributed by atoms with Crippen molar-refractivity contribution in [2.45, 2.75) is 6.92 Å². The Balaban J connectivity index is 2.38. The monoisotopic (exact) mass is 210 g/mol. The molecule has 0 aliphatic rings. The number of thiazole rings is 1. The fourth-order valence-corrected chi connectivity index (χ4v) is 1.60. The van der Waals surface area contributed by atoms with Crippen molar-refractivity contribution in [3.63, 3.8) is 0 Å². The number of hydrogen-bond acceptors (Lipinski definition) is 5. The lowest BCUT2D eigenvalue weighted by atomic mass is 10.6. The summed E-state index contributed by atoms with van der Waals surface area (Å²) in [6.45, 7) is 1.77. The van der Waals surface area contributed by atoms with E-state index in [0.29, 0.717) is 16.7 Å². The fraction of sp³-hybridized carbons (Fsp3) is 0.143. The van der Waals surface area contributed by atoms with E-state index < -0.39 is 5.97 Å². The lowest BCUT2D eigenvalue weighted by Gasteiger charge is -1.83. The molecule has 6 nitrogen and oxygen atoms in total. The molecule has 0 amide bonds. The summed E-state index contributed by atoms with van der Waals surface area (Å²) in [5.41, 5.74) is 0. The highest BCUT2D eigenvalue weighted by atomic mass is 32.1. The predicted molar refractivity (Wildman–Crippen MR) is 49.2 cm³/mol. The minimum Gasteiger partial charge on any atom is -0.477 e. The second kappa shape index (κ2) is 3.18. The lowest BCUT2D eigenvalue weighted by molar-refractivity contribution is 0.0702. The fourth-order valence-electron chi connectivity index (χ4n) is 0.915. The molecule has 2 aromatic heterocycles. The summed E-state index contributed by atoms with van der Waals surface area (Å²) in [6, 6.07) is 0. The van der Waals surface area contributed by atoms with E-state index in [1.807, 2.05) is 0 Å². The van der Waals surface area contributed by atoms with Crippen molar-refractivity contribution in [3.8, 4) is 10.8 Å². The third-order valence-corrected chi connectivity index (χ3v) is 2.49. The average Bonchev–Trinajstić information content (AvgIpc) is 2.70. The van der Waals surface area contributed by atoms with Crippen molar-refractivity contribution in [3.05, 3.63) is 16.9 Å². The molecule has 0 atom stereocenters. The number of nitrogens with zero attached hydrogens (tertiary/aromatic N) is 3. The zero-order valence-corrected chi connectivity index (χ0v) is 8.00. The van der Waals surface area contributed by atoms with Gasteiger partial charge in [0.15, 0.2) is 5.01 Å². The number of rotatable bonds is 2. The Hall–Kier alpha value is -1.76. The smallest absolute Gasteiger partial charge is 0.347 e. The van der Waals surface area contributed by atoms with Crippen molar-refractivity contribution in [2.24, 2.45) is 0 Å². The van der Waals surface area contributed by atoms with Gasteiger partial charge in [0.05, 0.1) is 6.20 Å². The third-order valence-electron chi connectivity index (χ3n) is 1.50. The molecule has 2 aromatic rings. The first-order valence-electron chi connectivity index (χ1n) is 3.75. The number of H-pyrrole nitrogens is 1. The summed E-state index contributed by atoms with van der Waals surface area (Å²) in [5.74, 6) is 0.119. The Kier molecular flexibility index (Phi) is 2.01. The van der Waals surface area contributed by atoms with Gasteiger partial charge >= 0.3 is 5.97 Å². The first-order chi connectivity index (χ1) is 6.66. The van der Waals surface area contributed by atoms with Gasteiger partial charge in [-0.15, -0.1) is 11.3 Å². The molecule has 2 N–H and O–H groups in total. The highest BCUT2D eigenvalue weighted by molar-refractivity contribution is 7.16. The van der Waals surface area contributed by atoms with Crippen LogP contribution in [0.4, 0.5) is 0 Å². The number of aromatic amines is 1. The first-order valence-corrected chi connectivity index (χ1v) is 4.57. The summed E-state index contributed by atoms with van der Waals surface area (Å²) in [5, 5.41) is 15.7. The largest absolute Gasteiger partial charge is 0.477 e. The standard InChI is InChI=1S/C7H6N4O2S/c1-3-9-5(11-10-3)6-8-2-4(14-6)7(12)13/h2H,1H3,(H,12,13)(H,9,10,11). The average molecular weight is 210 g/mol. The van der Waals surface area contributed by atoms with Crippen LogP contribution in [0.25, 0.3) is 10.8 Å². The maximum absolute atomic E-state index is 10.6. The Morgan fingerprint density at radius 1 is 1.64 bits per heavy atom. The second-order valence-electron chi connectivity index (χ2n) is 2.58. The van der Waals surface area contributed by atoms with Crippen LogP contribution < -0.4 is 0 Å². The van der Waals surface area contributed by atoms with Crippen LogP contribution in [0, 0.1) is 6.92 Å². The van der Waals surface area contributed by atoms with Crippen LogP contribution in [0.3, 0.4) is 0 Å². The molecule has 0 saturated heterocycles. The van der Waals surface area contributed by atoms with E-state index in [0.717, 1.165) is 11.3 Å². The number of aromatic carboxylic acids is 1. The summed E-state index contributed by atoms with van der Waals surface area (Å²) >= 11 is 1.05. The van der Waals surface area contributed by atoms with Crippen LogP contribution in [0.2, 0.25) is 0 Å².